The van der Waals surface area contributed by atoms with Crippen molar-refractivity contribution in [2.24, 2.45) is 0 Å². The lowest BCUT2D eigenvalue weighted by Crippen LogP contribution is -2.14. The molecule has 4 heteroatoms. The third kappa shape index (κ3) is 3.89. The number of benzene rings is 3. The van der Waals surface area contributed by atoms with Crippen molar-refractivity contribution in [3.8, 4) is 5.75 Å². The second-order valence-electron chi connectivity index (χ2n) is 5.70. The van der Waals surface area contributed by atoms with Gasteiger partial charge in [-0.15, -0.1) is 11.8 Å². The van der Waals surface area contributed by atoms with Crippen LogP contribution in [-0.2, 0) is 10.5 Å². The number of anilines is 1. The Morgan fingerprint density at radius 2 is 1.88 bits per heavy atom. The smallest absolute Gasteiger partial charge is 0.234 e. The quantitative estimate of drug-likeness (QED) is 0.662. The lowest BCUT2D eigenvalue weighted by Gasteiger charge is -2.09. The van der Waals surface area contributed by atoms with Crippen LogP contribution >= 0.6 is 11.8 Å². The number of rotatable bonds is 5. The Morgan fingerprint density at radius 3 is 2.71 bits per heavy atom. The zero-order chi connectivity index (χ0) is 16.9. The number of amides is 1. The van der Waals surface area contributed by atoms with Crippen LogP contribution < -0.4 is 5.32 Å². The van der Waals surface area contributed by atoms with E-state index in [1.165, 1.54) is 16.3 Å². The van der Waals surface area contributed by atoms with E-state index in [-0.39, 0.29) is 11.7 Å². The minimum absolute atomic E-state index is 0.0994. The van der Waals surface area contributed by atoms with Crippen LogP contribution in [-0.4, -0.2) is 16.8 Å². The van der Waals surface area contributed by atoms with Gasteiger partial charge in [0.25, 0.3) is 0 Å². The van der Waals surface area contributed by atoms with E-state index in [1.807, 2.05) is 31.2 Å². The minimum Gasteiger partial charge on any atom is -0.506 e. The fourth-order valence-electron chi connectivity index (χ4n) is 2.61. The molecule has 0 saturated heterocycles. The number of fused-ring (bicyclic) bond motifs is 1. The van der Waals surface area contributed by atoms with Gasteiger partial charge in [-0.2, -0.15) is 0 Å². The SMILES string of the molecule is Cc1ccc(NC(=O)CSCc2cccc3ccccc23)c(O)c1. The van der Waals surface area contributed by atoms with Gasteiger partial charge in [0.2, 0.25) is 5.91 Å². The van der Waals surface area contributed by atoms with Gasteiger partial charge in [0, 0.05) is 5.75 Å². The first-order valence-corrected chi connectivity index (χ1v) is 8.93. The lowest BCUT2D eigenvalue weighted by atomic mass is 10.1. The van der Waals surface area contributed by atoms with Gasteiger partial charge in [-0.3, -0.25) is 4.79 Å². The van der Waals surface area contributed by atoms with Crippen LogP contribution in [0.3, 0.4) is 0 Å². The Balaban J connectivity index is 1.58. The molecule has 24 heavy (non-hydrogen) atoms. The molecule has 0 saturated carbocycles. The van der Waals surface area contributed by atoms with Crippen molar-refractivity contribution >= 4 is 34.1 Å². The summed E-state index contributed by atoms with van der Waals surface area (Å²) in [4.78, 5) is 12.1. The van der Waals surface area contributed by atoms with Crippen LogP contribution in [0.5, 0.6) is 5.75 Å². The number of aryl methyl sites for hydroxylation is 1. The molecule has 0 bridgehead atoms. The maximum Gasteiger partial charge on any atom is 0.234 e. The second-order valence-corrected chi connectivity index (χ2v) is 6.69. The maximum absolute atomic E-state index is 12.1. The van der Waals surface area contributed by atoms with E-state index in [0.29, 0.717) is 11.4 Å². The molecular formula is C20H19NO2S. The number of hydrogen-bond acceptors (Lipinski definition) is 3. The Hall–Kier alpha value is -2.46. The largest absolute Gasteiger partial charge is 0.506 e. The van der Waals surface area contributed by atoms with Crippen molar-refractivity contribution in [3.63, 3.8) is 0 Å². The van der Waals surface area contributed by atoms with Crippen LogP contribution in [0.2, 0.25) is 0 Å². The van der Waals surface area contributed by atoms with Crippen molar-refractivity contribution in [3.05, 3.63) is 71.8 Å². The van der Waals surface area contributed by atoms with Crippen molar-refractivity contribution in [1.82, 2.24) is 0 Å². The predicted octanol–water partition coefficient (Wildman–Crippen LogP) is 4.73. The van der Waals surface area contributed by atoms with Crippen molar-refractivity contribution in [2.75, 3.05) is 11.1 Å². The molecule has 0 aliphatic heterocycles. The molecule has 122 valence electrons. The molecule has 0 unspecified atom stereocenters. The van der Waals surface area contributed by atoms with Crippen LogP contribution in [0, 0.1) is 6.92 Å². The Labute approximate surface area is 145 Å². The van der Waals surface area contributed by atoms with Crippen molar-refractivity contribution in [1.29, 1.82) is 0 Å². The Bertz CT molecular complexity index is 871. The molecule has 3 rings (SSSR count). The van der Waals surface area contributed by atoms with Gasteiger partial charge in [-0.1, -0.05) is 48.5 Å². The van der Waals surface area contributed by atoms with E-state index in [0.717, 1.165) is 11.3 Å². The van der Waals surface area contributed by atoms with E-state index in [4.69, 9.17) is 0 Å². The summed E-state index contributed by atoms with van der Waals surface area (Å²) >= 11 is 1.56. The summed E-state index contributed by atoms with van der Waals surface area (Å²) in [5, 5.41) is 15.0. The fourth-order valence-corrected chi connectivity index (χ4v) is 3.44. The Morgan fingerprint density at radius 1 is 1.08 bits per heavy atom. The molecule has 0 radical (unpaired) electrons. The molecule has 2 N–H and O–H groups in total. The summed E-state index contributed by atoms with van der Waals surface area (Å²) in [5.41, 5.74) is 2.64. The third-order valence-corrected chi connectivity index (χ3v) is 4.78. The predicted molar refractivity (Wildman–Crippen MR) is 102 cm³/mol. The first-order valence-electron chi connectivity index (χ1n) is 7.77. The van der Waals surface area contributed by atoms with Crippen LogP contribution in [0.25, 0.3) is 10.8 Å². The number of phenols is 1. The van der Waals surface area contributed by atoms with Crippen molar-refractivity contribution in [2.45, 2.75) is 12.7 Å². The number of hydrogen-bond donors (Lipinski definition) is 2. The molecule has 0 aliphatic carbocycles. The molecule has 0 heterocycles. The van der Waals surface area contributed by atoms with E-state index < -0.39 is 0 Å². The zero-order valence-corrected chi connectivity index (χ0v) is 14.3. The molecular weight excluding hydrogens is 318 g/mol. The highest BCUT2D eigenvalue weighted by molar-refractivity contribution is 7.99. The summed E-state index contributed by atoms with van der Waals surface area (Å²) < 4.78 is 0. The van der Waals surface area contributed by atoms with Gasteiger partial charge in [0.05, 0.1) is 11.4 Å². The highest BCUT2D eigenvalue weighted by Gasteiger charge is 2.07. The van der Waals surface area contributed by atoms with Gasteiger partial charge in [0.15, 0.2) is 0 Å². The molecule has 0 aromatic heterocycles. The highest BCUT2D eigenvalue weighted by atomic mass is 32.2. The first kappa shape index (κ1) is 16.4. The van der Waals surface area contributed by atoms with E-state index >= 15 is 0 Å². The van der Waals surface area contributed by atoms with Crippen molar-refractivity contribution < 1.29 is 9.90 Å². The number of aromatic hydroxyl groups is 1. The summed E-state index contributed by atoms with van der Waals surface area (Å²) in [6.07, 6.45) is 0. The number of nitrogens with one attached hydrogen (secondary N) is 1. The summed E-state index contributed by atoms with van der Waals surface area (Å²) in [5.74, 6) is 1.10. The molecule has 1 amide bonds. The molecule has 3 aromatic rings. The molecule has 3 aromatic carbocycles. The molecule has 3 nitrogen and oxygen atoms in total. The number of carbonyl (C=O) groups is 1. The second kappa shape index (κ2) is 7.41. The summed E-state index contributed by atoms with van der Waals surface area (Å²) in [7, 11) is 0. The average molecular weight is 337 g/mol. The first-order chi connectivity index (χ1) is 11.6. The van der Waals surface area contributed by atoms with Gasteiger partial charge in [-0.05, 0) is 41.0 Å². The zero-order valence-electron chi connectivity index (χ0n) is 13.5. The van der Waals surface area contributed by atoms with Crippen LogP contribution in [0.4, 0.5) is 5.69 Å². The maximum atomic E-state index is 12.1. The number of phenolic OH excluding ortho intramolecular Hbond substituents is 1. The van der Waals surface area contributed by atoms with E-state index in [9.17, 15) is 9.90 Å². The molecule has 0 fully saturated rings. The Kier molecular flexibility index (Phi) is 5.06. The van der Waals surface area contributed by atoms with Crippen LogP contribution in [0.1, 0.15) is 11.1 Å². The van der Waals surface area contributed by atoms with E-state index in [2.05, 4.69) is 29.6 Å². The van der Waals surface area contributed by atoms with Crippen LogP contribution in [0.15, 0.2) is 60.7 Å². The minimum atomic E-state index is -0.112. The molecule has 0 aliphatic rings. The lowest BCUT2D eigenvalue weighted by molar-refractivity contribution is -0.113. The van der Waals surface area contributed by atoms with Gasteiger partial charge >= 0.3 is 0 Å². The topological polar surface area (TPSA) is 49.3 Å². The monoisotopic (exact) mass is 337 g/mol. The van der Waals surface area contributed by atoms with E-state index in [1.54, 1.807) is 23.9 Å². The number of carbonyl (C=O) groups excluding carboxylic acids is 1. The fraction of sp³-hybridized carbons (Fsp3) is 0.150. The molecule has 0 spiro atoms. The third-order valence-electron chi connectivity index (χ3n) is 3.80. The standard InChI is InChI=1S/C20H19NO2S/c1-14-9-10-18(19(22)11-14)21-20(23)13-24-12-16-7-4-6-15-5-2-3-8-17(15)16/h2-11,22H,12-13H2,1H3,(H,21,23). The summed E-state index contributed by atoms with van der Waals surface area (Å²) in [6.45, 7) is 1.89. The highest BCUT2D eigenvalue weighted by Crippen LogP contribution is 2.25. The average Bonchev–Trinajstić information content (AvgIpc) is 2.58. The van der Waals surface area contributed by atoms with Gasteiger partial charge in [0.1, 0.15) is 5.75 Å². The number of thioether (sulfide) groups is 1. The van der Waals surface area contributed by atoms with Gasteiger partial charge in [-0.25, -0.2) is 0 Å². The molecule has 0 atom stereocenters. The normalized spacial score (nSPS) is 10.7. The summed E-state index contributed by atoms with van der Waals surface area (Å²) in [6, 6.07) is 19.7. The van der Waals surface area contributed by atoms with Gasteiger partial charge < -0.3 is 10.4 Å².